The Kier molecular flexibility index (Phi) is 3.69. The summed E-state index contributed by atoms with van der Waals surface area (Å²) in [5.74, 6) is -0.812. The van der Waals surface area contributed by atoms with Crippen LogP contribution in [0.1, 0.15) is 34.8 Å². The van der Waals surface area contributed by atoms with Gasteiger partial charge in [0.15, 0.2) is 0 Å². The van der Waals surface area contributed by atoms with Crippen LogP contribution in [0.3, 0.4) is 0 Å². The maximum atomic E-state index is 11.3. The number of nitrogens with zero attached hydrogens (tertiary/aromatic N) is 1. The molecule has 1 aromatic heterocycles. The van der Waals surface area contributed by atoms with Crippen molar-refractivity contribution < 1.29 is 14.6 Å². The summed E-state index contributed by atoms with van der Waals surface area (Å²) in [5.41, 5.74) is 3.02. The fourth-order valence-electron chi connectivity index (χ4n) is 2.10. The molecule has 0 fully saturated rings. The van der Waals surface area contributed by atoms with Crippen LogP contribution in [0.15, 0.2) is 18.2 Å². The number of pyridine rings is 1. The monoisotopic (exact) mass is 259 g/mol. The highest BCUT2D eigenvalue weighted by molar-refractivity contribution is 5.96. The maximum Gasteiger partial charge on any atom is 0.341 e. The van der Waals surface area contributed by atoms with Gasteiger partial charge >= 0.3 is 5.97 Å². The molecule has 0 spiro atoms. The number of hydrogen-bond donors (Lipinski definition) is 1. The van der Waals surface area contributed by atoms with E-state index in [0.29, 0.717) is 6.61 Å². The highest BCUT2D eigenvalue weighted by Crippen LogP contribution is 2.26. The molecule has 0 amide bonds. The second-order valence-electron chi connectivity index (χ2n) is 4.65. The Bertz CT molecular complexity index is 635. The Morgan fingerprint density at radius 3 is 2.68 bits per heavy atom. The number of rotatable bonds is 4. The van der Waals surface area contributed by atoms with Gasteiger partial charge in [0, 0.05) is 5.39 Å². The van der Waals surface area contributed by atoms with Crippen molar-refractivity contribution in [3.8, 4) is 5.88 Å². The Labute approximate surface area is 112 Å². The molecule has 0 aliphatic carbocycles. The molecule has 0 radical (unpaired) electrons. The van der Waals surface area contributed by atoms with E-state index >= 15 is 0 Å². The van der Waals surface area contributed by atoms with Gasteiger partial charge in [-0.2, -0.15) is 0 Å². The molecular weight excluding hydrogens is 242 g/mol. The maximum absolute atomic E-state index is 11.3. The van der Waals surface area contributed by atoms with E-state index in [0.717, 1.165) is 28.5 Å². The number of aromatic carboxylic acids is 1. The number of carboxylic acid groups (broad SMARTS) is 1. The fraction of sp³-hybridized carbons (Fsp3) is 0.333. The van der Waals surface area contributed by atoms with Gasteiger partial charge in [-0.15, -0.1) is 0 Å². The fourth-order valence-corrected chi connectivity index (χ4v) is 2.10. The van der Waals surface area contributed by atoms with Gasteiger partial charge in [-0.05, 0) is 38.0 Å². The summed E-state index contributed by atoms with van der Waals surface area (Å²) in [5, 5.41) is 10.1. The third-order valence-corrected chi connectivity index (χ3v) is 2.89. The third-order valence-electron chi connectivity index (χ3n) is 2.89. The minimum absolute atomic E-state index is 0.117. The molecule has 0 aliphatic rings. The zero-order chi connectivity index (χ0) is 14.0. The lowest BCUT2D eigenvalue weighted by molar-refractivity contribution is 0.0691. The lowest BCUT2D eigenvalue weighted by Gasteiger charge is -2.10. The topological polar surface area (TPSA) is 59.4 Å². The minimum Gasteiger partial charge on any atom is -0.477 e. The van der Waals surface area contributed by atoms with Gasteiger partial charge in [-0.25, -0.2) is 9.78 Å². The van der Waals surface area contributed by atoms with Gasteiger partial charge in [0.1, 0.15) is 5.56 Å². The summed E-state index contributed by atoms with van der Waals surface area (Å²) in [4.78, 5) is 15.6. The summed E-state index contributed by atoms with van der Waals surface area (Å²) in [6.45, 7) is 6.38. The molecule has 2 rings (SSSR count). The quantitative estimate of drug-likeness (QED) is 0.914. The summed E-state index contributed by atoms with van der Waals surface area (Å²) < 4.78 is 5.45. The highest BCUT2D eigenvalue weighted by atomic mass is 16.5. The number of aromatic nitrogens is 1. The number of fused-ring (bicyclic) bond motifs is 1. The van der Waals surface area contributed by atoms with E-state index in [9.17, 15) is 9.90 Å². The first kappa shape index (κ1) is 13.3. The Balaban J connectivity index is 2.65. The van der Waals surface area contributed by atoms with Crippen LogP contribution in [-0.4, -0.2) is 22.7 Å². The van der Waals surface area contributed by atoms with E-state index < -0.39 is 5.97 Å². The second kappa shape index (κ2) is 5.26. The van der Waals surface area contributed by atoms with Crippen molar-refractivity contribution in [3.63, 3.8) is 0 Å². The van der Waals surface area contributed by atoms with E-state index in [1.165, 1.54) is 0 Å². The van der Waals surface area contributed by atoms with Crippen molar-refractivity contribution in [2.45, 2.75) is 27.2 Å². The van der Waals surface area contributed by atoms with Crippen LogP contribution in [0.2, 0.25) is 0 Å². The number of hydrogen-bond acceptors (Lipinski definition) is 3. The van der Waals surface area contributed by atoms with E-state index in [1.54, 1.807) is 6.07 Å². The summed E-state index contributed by atoms with van der Waals surface area (Å²) in [7, 11) is 0. The lowest BCUT2D eigenvalue weighted by Crippen LogP contribution is -2.06. The van der Waals surface area contributed by atoms with Gasteiger partial charge in [0.05, 0.1) is 12.1 Å². The smallest absolute Gasteiger partial charge is 0.341 e. The van der Waals surface area contributed by atoms with Gasteiger partial charge < -0.3 is 9.84 Å². The average Bonchev–Trinajstić information content (AvgIpc) is 2.35. The van der Waals surface area contributed by atoms with Crippen LogP contribution in [-0.2, 0) is 0 Å². The number of carboxylic acids is 1. The van der Waals surface area contributed by atoms with Gasteiger partial charge in [0.2, 0.25) is 5.88 Å². The predicted octanol–water partition coefficient (Wildman–Crippen LogP) is 3.34. The number of carbonyl (C=O) groups is 1. The van der Waals surface area contributed by atoms with Crippen LogP contribution in [0.25, 0.3) is 10.9 Å². The summed E-state index contributed by atoms with van der Waals surface area (Å²) >= 11 is 0. The van der Waals surface area contributed by atoms with Crippen molar-refractivity contribution in [3.05, 3.63) is 34.9 Å². The van der Waals surface area contributed by atoms with E-state index in [-0.39, 0.29) is 11.4 Å². The number of benzene rings is 1. The standard InChI is InChI=1S/C15H17NO3/c1-4-5-19-14-12(15(17)18)8-11-7-9(2)6-10(3)13(11)16-14/h6-8H,4-5H2,1-3H3,(H,17,18). The van der Waals surface area contributed by atoms with E-state index in [1.807, 2.05) is 32.9 Å². The molecule has 0 saturated carbocycles. The second-order valence-corrected chi connectivity index (χ2v) is 4.65. The van der Waals surface area contributed by atoms with Crippen molar-refractivity contribution in [1.82, 2.24) is 4.98 Å². The first-order valence-electron chi connectivity index (χ1n) is 6.31. The van der Waals surface area contributed by atoms with Crippen molar-refractivity contribution >= 4 is 16.9 Å². The highest BCUT2D eigenvalue weighted by Gasteiger charge is 2.15. The van der Waals surface area contributed by atoms with Crippen LogP contribution in [0.4, 0.5) is 0 Å². The van der Waals surface area contributed by atoms with Crippen molar-refractivity contribution in [1.29, 1.82) is 0 Å². The van der Waals surface area contributed by atoms with Crippen LogP contribution >= 0.6 is 0 Å². The van der Waals surface area contributed by atoms with Crippen molar-refractivity contribution in [2.24, 2.45) is 0 Å². The molecule has 1 N–H and O–H groups in total. The van der Waals surface area contributed by atoms with Gasteiger partial charge in [0.25, 0.3) is 0 Å². The molecule has 1 aromatic carbocycles. The van der Waals surface area contributed by atoms with E-state index in [2.05, 4.69) is 4.98 Å². The van der Waals surface area contributed by atoms with Crippen molar-refractivity contribution in [2.75, 3.05) is 6.61 Å². The molecule has 19 heavy (non-hydrogen) atoms. The molecule has 0 saturated heterocycles. The zero-order valence-electron chi connectivity index (χ0n) is 11.4. The van der Waals surface area contributed by atoms with Crippen LogP contribution in [0.5, 0.6) is 5.88 Å². The largest absolute Gasteiger partial charge is 0.477 e. The molecule has 0 atom stereocenters. The molecule has 0 bridgehead atoms. The van der Waals surface area contributed by atoms with Gasteiger partial charge in [-0.3, -0.25) is 0 Å². The first-order valence-corrected chi connectivity index (χ1v) is 6.31. The number of aryl methyl sites for hydroxylation is 2. The van der Waals surface area contributed by atoms with E-state index in [4.69, 9.17) is 4.74 Å². The van der Waals surface area contributed by atoms with Crippen LogP contribution < -0.4 is 4.74 Å². The molecule has 0 unspecified atom stereocenters. The molecule has 4 heteroatoms. The normalized spacial score (nSPS) is 10.7. The first-order chi connectivity index (χ1) is 9.02. The van der Waals surface area contributed by atoms with Gasteiger partial charge in [-0.1, -0.05) is 18.6 Å². The molecule has 1 heterocycles. The molecule has 4 nitrogen and oxygen atoms in total. The predicted molar refractivity (Wildman–Crippen MR) is 74.0 cm³/mol. The SMILES string of the molecule is CCCOc1nc2c(C)cc(C)cc2cc1C(=O)O. The third kappa shape index (κ3) is 2.67. The zero-order valence-corrected chi connectivity index (χ0v) is 11.4. The Morgan fingerprint density at radius 1 is 1.32 bits per heavy atom. The molecule has 100 valence electrons. The Hall–Kier alpha value is -2.10. The lowest BCUT2D eigenvalue weighted by atomic mass is 10.1. The molecule has 0 aliphatic heterocycles. The molecular formula is C15H17NO3. The average molecular weight is 259 g/mol. The summed E-state index contributed by atoms with van der Waals surface area (Å²) in [6, 6.07) is 5.60. The minimum atomic E-state index is -1.01. The number of ether oxygens (including phenoxy) is 1. The van der Waals surface area contributed by atoms with Crippen LogP contribution in [0, 0.1) is 13.8 Å². The summed E-state index contributed by atoms with van der Waals surface area (Å²) in [6.07, 6.45) is 0.811. The Morgan fingerprint density at radius 2 is 2.05 bits per heavy atom. The molecule has 2 aromatic rings.